The van der Waals surface area contributed by atoms with Gasteiger partial charge < -0.3 is 0 Å². The predicted octanol–water partition coefficient (Wildman–Crippen LogP) is 0.111. The van der Waals surface area contributed by atoms with Gasteiger partial charge >= 0.3 is 0 Å². The molecule has 0 rings (SSSR count). The molecule has 0 bridgehead atoms. The molecule has 0 aliphatic carbocycles. The van der Waals surface area contributed by atoms with Crippen LogP contribution < -0.4 is 0 Å². The van der Waals surface area contributed by atoms with Gasteiger partial charge in [-0.2, -0.15) is 19.8 Å². The molecule has 34 valence electrons. The minimum absolute atomic E-state index is 0. The summed E-state index contributed by atoms with van der Waals surface area (Å²) in [6.07, 6.45) is 0. The minimum atomic E-state index is 0. The van der Waals surface area contributed by atoms with E-state index in [2.05, 4.69) is 0 Å². The van der Waals surface area contributed by atoms with Gasteiger partial charge in [-0.15, -0.1) is 0 Å². The van der Waals surface area contributed by atoms with Crippen molar-refractivity contribution in [3.8, 4) is 0 Å². The van der Waals surface area contributed by atoms with E-state index in [9.17, 15) is 0 Å². The van der Waals surface area contributed by atoms with Crippen LogP contribution in [-0.4, -0.2) is 0 Å². The van der Waals surface area contributed by atoms with E-state index in [0.29, 0.717) is 0 Å². The second kappa shape index (κ2) is 19.4. The summed E-state index contributed by atoms with van der Waals surface area (Å²) in [4.78, 5) is 0. The maximum atomic E-state index is 0. The van der Waals surface area contributed by atoms with Crippen molar-refractivity contribution in [2.75, 3.05) is 0 Å². The van der Waals surface area contributed by atoms with Gasteiger partial charge in [0.2, 0.25) is 0 Å². The van der Waals surface area contributed by atoms with Crippen LogP contribution in [0, 0.1) is 0 Å². The van der Waals surface area contributed by atoms with Gasteiger partial charge in [-0.05, 0) is 0 Å². The van der Waals surface area contributed by atoms with Gasteiger partial charge in [0.1, 0.15) is 0 Å². The maximum Gasteiger partial charge on any atom is 0 e. The average molecular weight is 274 g/mol. The first-order chi connectivity index (χ1) is 0. The molecule has 0 aliphatic heterocycles. The van der Waals surface area contributed by atoms with Crippen molar-refractivity contribution < 1.29 is 39.0 Å². The zero-order valence-corrected chi connectivity index (χ0v) is 8.19. The van der Waals surface area contributed by atoms with E-state index in [1.165, 1.54) is 0 Å². The average Bonchev–Trinajstić information content (AvgIpc) is 0. The van der Waals surface area contributed by atoms with Gasteiger partial charge in [-0.1, -0.05) is 0 Å². The van der Waals surface area contributed by atoms with Crippen LogP contribution in [0.25, 0.3) is 0 Å². The van der Waals surface area contributed by atoms with Crippen LogP contribution in [0.1, 0.15) is 0 Å². The van der Waals surface area contributed by atoms with Gasteiger partial charge in [-0.3, -0.25) is 0 Å². The molecular formula is H6P2Rh2. The first-order valence-corrected chi connectivity index (χ1v) is 0. The first-order valence-electron chi connectivity index (χ1n) is 0. The van der Waals surface area contributed by atoms with Crippen molar-refractivity contribution in [2.45, 2.75) is 0 Å². The fourth-order valence-electron chi connectivity index (χ4n) is 0. The van der Waals surface area contributed by atoms with Gasteiger partial charge in [0.15, 0.2) is 0 Å². The quantitative estimate of drug-likeness (QED) is 0.434. The summed E-state index contributed by atoms with van der Waals surface area (Å²) in [5.41, 5.74) is 0. The molecular weight excluding hydrogens is 268 g/mol. The Kier molecular flexibility index (Phi) is 174. The Balaban J connectivity index is 0. The van der Waals surface area contributed by atoms with Gasteiger partial charge in [-0.25, -0.2) is 0 Å². The first kappa shape index (κ1) is 35.9. The fourth-order valence-corrected chi connectivity index (χ4v) is 0. The Bertz CT molecular complexity index is 4.00. The van der Waals surface area contributed by atoms with Crippen molar-refractivity contribution in [3.63, 3.8) is 0 Å². The molecule has 0 aromatic heterocycles. The third-order valence-electron chi connectivity index (χ3n) is 0. The second-order valence-electron chi connectivity index (χ2n) is 0. The van der Waals surface area contributed by atoms with Crippen LogP contribution in [0.3, 0.4) is 0 Å². The Hall–Kier alpha value is 2.11. The topological polar surface area (TPSA) is 0 Å². The third-order valence-corrected chi connectivity index (χ3v) is 0. The molecule has 0 saturated carbocycles. The summed E-state index contributed by atoms with van der Waals surface area (Å²) in [7, 11) is 0. The molecule has 0 fully saturated rings. The molecule has 0 N–H and O–H groups in total. The smallest absolute Gasteiger partial charge is 0 e. The van der Waals surface area contributed by atoms with Crippen molar-refractivity contribution in [1.29, 1.82) is 0 Å². The zero-order valence-electron chi connectivity index (χ0n) is 2.08. The molecule has 2 atom stereocenters. The van der Waals surface area contributed by atoms with E-state index in [1.54, 1.807) is 0 Å². The number of rotatable bonds is 0. The SMILES string of the molecule is P.P.[Rh].[Rh]. The molecule has 0 aromatic carbocycles. The molecule has 0 spiro atoms. The summed E-state index contributed by atoms with van der Waals surface area (Å²) in [6.45, 7) is 0. The van der Waals surface area contributed by atoms with E-state index in [4.69, 9.17) is 0 Å². The molecule has 0 aliphatic rings. The summed E-state index contributed by atoms with van der Waals surface area (Å²) < 4.78 is 0. The molecule has 0 nitrogen and oxygen atoms in total. The van der Waals surface area contributed by atoms with Crippen molar-refractivity contribution in [3.05, 3.63) is 0 Å². The largest absolute Gasteiger partial charge is 0.153 e. The fraction of sp³-hybridized carbons (Fsp3) is 0. The van der Waals surface area contributed by atoms with Gasteiger partial charge in [0, 0.05) is 39.0 Å². The van der Waals surface area contributed by atoms with E-state index in [0.717, 1.165) is 0 Å². The molecule has 2 unspecified atom stereocenters. The van der Waals surface area contributed by atoms with E-state index in [1.807, 2.05) is 0 Å². The summed E-state index contributed by atoms with van der Waals surface area (Å²) >= 11 is 0. The van der Waals surface area contributed by atoms with Crippen molar-refractivity contribution in [1.82, 2.24) is 0 Å². The Labute approximate surface area is 58.6 Å². The summed E-state index contributed by atoms with van der Waals surface area (Å²) in [5, 5.41) is 0. The van der Waals surface area contributed by atoms with Gasteiger partial charge in [0.05, 0.1) is 0 Å². The normalized spacial score (nSPS) is 0. The van der Waals surface area contributed by atoms with Crippen LogP contribution in [0.5, 0.6) is 0 Å². The van der Waals surface area contributed by atoms with E-state index in [-0.39, 0.29) is 58.8 Å². The van der Waals surface area contributed by atoms with Crippen LogP contribution in [0.15, 0.2) is 0 Å². The minimum Gasteiger partial charge on any atom is -0.153 e. The van der Waals surface area contributed by atoms with Gasteiger partial charge in [0.25, 0.3) is 0 Å². The van der Waals surface area contributed by atoms with E-state index < -0.39 is 0 Å². The van der Waals surface area contributed by atoms with E-state index >= 15 is 0 Å². The Morgan fingerprint density at radius 1 is 0.500 bits per heavy atom. The molecule has 0 heterocycles. The molecule has 4 heteroatoms. The molecule has 0 amide bonds. The molecule has 0 aromatic rings. The second-order valence-corrected chi connectivity index (χ2v) is 0. The molecule has 2 radical (unpaired) electrons. The zero-order chi connectivity index (χ0) is 0. The molecule has 4 heavy (non-hydrogen) atoms. The van der Waals surface area contributed by atoms with Crippen LogP contribution in [0.4, 0.5) is 0 Å². The third kappa shape index (κ3) is 8.93. The standard InChI is InChI=1S/2H3P.2Rh/h2*1H3;;. The van der Waals surface area contributed by atoms with Crippen LogP contribution >= 0.6 is 19.8 Å². The number of hydrogen-bond acceptors (Lipinski definition) is 0. The van der Waals surface area contributed by atoms with Crippen molar-refractivity contribution in [2.24, 2.45) is 0 Å². The van der Waals surface area contributed by atoms with Crippen molar-refractivity contribution >= 4 is 19.8 Å². The Morgan fingerprint density at radius 2 is 0.500 bits per heavy atom. The van der Waals surface area contributed by atoms with Crippen LogP contribution in [-0.2, 0) is 39.0 Å². The number of hydrogen-bond donors (Lipinski definition) is 0. The summed E-state index contributed by atoms with van der Waals surface area (Å²) in [5.74, 6) is 0. The van der Waals surface area contributed by atoms with Crippen LogP contribution in [0.2, 0.25) is 0 Å². The maximum absolute atomic E-state index is 0. The monoisotopic (exact) mass is 274 g/mol. The molecule has 0 saturated heterocycles. The predicted molar refractivity (Wildman–Crippen MR) is 22.2 cm³/mol. The summed E-state index contributed by atoms with van der Waals surface area (Å²) in [6, 6.07) is 0. The Morgan fingerprint density at radius 3 is 0.500 bits per heavy atom.